The number of hydrogen-bond donors (Lipinski definition) is 1. The van der Waals surface area contributed by atoms with Crippen LogP contribution in [0.15, 0.2) is 0 Å². The van der Waals surface area contributed by atoms with Gasteiger partial charge in [-0.25, -0.2) is 8.78 Å². The molecule has 1 rings (SSSR count). The molecule has 0 amide bonds. The Morgan fingerprint density at radius 3 is 2.64 bits per heavy atom. The zero-order valence-electron chi connectivity index (χ0n) is 8.72. The second kappa shape index (κ2) is 4.33. The molecule has 2 nitrogen and oxygen atoms in total. The summed E-state index contributed by atoms with van der Waals surface area (Å²) in [6, 6.07) is 0. The van der Waals surface area contributed by atoms with E-state index in [-0.39, 0.29) is 11.3 Å². The van der Waals surface area contributed by atoms with Crippen molar-refractivity contribution in [3.8, 4) is 0 Å². The molecule has 1 aliphatic heterocycles. The van der Waals surface area contributed by atoms with Crippen molar-refractivity contribution in [2.75, 3.05) is 31.9 Å². The Bertz CT molecular complexity index is 197. The molecule has 0 radical (unpaired) electrons. The fourth-order valence-corrected chi connectivity index (χ4v) is 2.82. The highest BCUT2D eigenvalue weighted by Crippen LogP contribution is 2.30. The van der Waals surface area contributed by atoms with E-state index in [0.29, 0.717) is 6.54 Å². The molecule has 0 aliphatic carbocycles. The van der Waals surface area contributed by atoms with Gasteiger partial charge < -0.3 is 5.73 Å². The lowest BCUT2D eigenvalue weighted by Crippen LogP contribution is -2.49. The molecule has 2 N–H and O–H groups in total. The Kier molecular flexibility index (Phi) is 3.77. The highest BCUT2D eigenvalue weighted by molar-refractivity contribution is 8.00. The number of halogens is 2. The van der Waals surface area contributed by atoms with E-state index in [2.05, 4.69) is 13.8 Å². The zero-order valence-corrected chi connectivity index (χ0v) is 9.54. The minimum absolute atomic E-state index is 0.0862. The fraction of sp³-hybridized carbons (Fsp3) is 1.00. The van der Waals surface area contributed by atoms with Gasteiger partial charge >= 0.3 is 0 Å². The minimum atomic E-state index is -2.74. The fourth-order valence-electron chi connectivity index (χ4n) is 1.64. The molecule has 1 heterocycles. The van der Waals surface area contributed by atoms with Crippen molar-refractivity contribution in [2.24, 2.45) is 5.73 Å². The van der Waals surface area contributed by atoms with Gasteiger partial charge in [0.1, 0.15) is 0 Å². The Morgan fingerprint density at radius 2 is 2.14 bits per heavy atom. The van der Waals surface area contributed by atoms with Crippen LogP contribution in [0.5, 0.6) is 0 Å². The maximum Gasteiger partial charge on any atom is 0.272 e. The first-order valence-electron chi connectivity index (χ1n) is 4.79. The normalized spacial score (nSPS) is 23.8. The van der Waals surface area contributed by atoms with E-state index >= 15 is 0 Å². The Hall–Kier alpha value is 0.130. The summed E-state index contributed by atoms with van der Waals surface area (Å²) in [6.07, 6.45) is 0. The molecule has 0 atom stereocenters. The van der Waals surface area contributed by atoms with E-state index < -0.39 is 12.5 Å². The zero-order chi connectivity index (χ0) is 10.8. The summed E-state index contributed by atoms with van der Waals surface area (Å²) in [7, 11) is 0. The van der Waals surface area contributed by atoms with Crippen molar-refractivity contribution in [3.63, 3.8) is 0 Å². The molecule has 0 bridgehead atoms. The van der Waals surface area contributed by atoms with Gasteiger partial charge in [0.2, 0.25) is 0 Å². The second-order valence-electron chi connectivity index (χ2n) is 4.38. The van der Waals surface area contributed by atoms with Crippen LogP contribution in [0.3, 0.4) is 0 Å². The summed E-state index contributed by atoms with van der Waals surface area (Å²) in [5.74, 6) is -1.81. The van der Waals surface area contributed by atoms with Crippen LogP contribution in [-0.4, -0.2) is 47.5 Å². The van der Waals surface area contributed by atoms with Crippen LogP contribution in [0.4, 0.5) is 8.78 Å². The average molecular weight is 224 g/mol. The topological polar surface area (TPSA) is 29.3 Å². The first-order valence-corrected chi connectivity index (χ1v) is 5.77. The lowest BCUT2D eigenvalue weighted by Gasteiger charge is -2.38. The summed E-state index contributed by atoms with van der Waals surface area (Å²) in [5.41, 5.74) is 5.01. The molecule has 0 aromatic carbocycles. The molecule has 0 aromatic heterocycles. The molecular formula is C9H18F2N2S. The quantitative estimate of drug-likeness (QED) is 0.786. The van der Waals surface area contributed by atoms with Crippen molar-refractivity contribution in [2.45, 2.75) is 24.5 Å². The van der Waals surface area contributed by atoms with E-state index in [9.17, 15) is 8.78 Å². The molecule has 0 spiro atoms. The third-order valence-electron chi connectivity index (χ3n) is 2.26. The van der Waals surface area contributed by atoms with Gasteiger partial charge in [-0.2, -0.15) is 11.8 Å². The van der Waals surface area contributed by atoms with Crippen LogP contribution in [0.25, 0.3) is 0 Å². The minimum Gasteiger partial charge on any atom is -0.325 e. The van der Waals surface area contributed by atoms with Crippen molar-refractivity contribution in [1.29, 1.82) is 0 Å². The standard InChI is InChI=1S/C9H18F2N2S/c1-8(2)6-13(3-4-14-8)7-9(10,11)5-12/h3-7,12H2,1-2H3. The van der Waals surface area contributed by atoms with E-state index in [0.717, 1.165) is 12.3 Å². The smallest absolute Gasteiger partial charge is 0.272 e. The van der Waals surface area contributed by atoms with Crippen molar-refractivity contribution in [1.82, 2.24) is 4.90 Å². The highest BCUT2D eigenvalue weighted by atomic mass is 32.2. The van der Waals surface area contributed by atoms with Gasteiger partial charge in [0.25, 0.3) is 5.92 Å². The van der Waals surface area contributed by atoms with E-state index in [1.165, 1.54) is 0 Å². The van der Waals surface area contributed by atoms with Gasteiger partial charge in [-0.1, -0.05) is 0 Å². The molecule has 1 aliphatic rings. The SMILES string of the molecule is CC1(C)CN(CC(F)(F)CN)CCS1. The first kappa shape index (κ1) is 12.2. The van der Waals surface area contributed by atoms with Gasteiger partial charge in [-0.3, -0.25) is 4.90 Å². The molecule has 14 heavy (non-hydrogen) atoms. The lowest BCUT2D eigenvalue weighted by atomic mass is 10.1. The van der Waals surface area contributed by atoms with Crippen molar-refractivity contribution < 1.29 is 8.78 Å². The molecule has 5 heteroatoms. The largest absolute Gasteiger partial charge is 0.325 e. The molecule has 0 saturated carbocycles. The van der Waals surface area contributed by atoms with Gasteiger partial charge in [0.05, 0.1) is 13.1 Å². The number of hydrogen-bond acceptors (Lipinski definition) is 3. The Labute approximate surface area is 88.2 Å². The maximum atomic E-state index is 13.0. The van der Waals surface area contributed by atoms with E-state index in [1.807, 2.05) is 16.7 Å². The molecule has 0 aromatic rings. The first-order chi connectivity index (χ1) is 6.35. The van der Waals surface area contributed by atoms with Crippen LogP contribution in [-0.2, 0) is 0 Å². The van der Waals surface area contributed by atoms with Crippen LogP contribution in [0.1, 0.15) is 13.8 Å². The average Bonchev–Trinajstić information content (AvgIpc) is 2.01. The number of nitrogens with zero attached hydrogens (tertiary/aromatic N) is 1. The monoisotopic (exact) mass is 224 g/mol. The van der Waals surface area contributed by atoms with E-state index in [1.54, 1.807) is 0 Å². The third-order valence-corrected chi connectivity index (χ3v) is 3.56. The molecule has 1 saturated heterocycles. The molecule has 0 unspecified atom stereocenters. The van der Waals surface area contributed by atoms with Gasteiger partial charge in [-0.15, -0.1) is 0 Å². The van der Waals surface area contributed by atoms with Crippen LogP contribution < -0.4 is 5.73 Å². The summed E-state index contributed by atoms with van der Waals surface area (Å²) in [4.78, 5) is 1.81. The second-order valence-corrected chi connectivity index (χ2v) is 6.18. The van der Waals surface area contributed by atoms with Gasteiger partial charge in [0, 0.05) is 23.6 Å². The Morgan fingerprint density at radius 1 is 1.50 bits per heavy atom. The number of alkyl halides is 2. The van der Waals surface area contributed by atoms with Crippen LogP contribution in [0.2, 0.25) is 0 Å². The molecule has 1 fully saturated rings. The predicted octanol–water partition coefficient (Wildman–Crippen LogP) is 1.41. The van der Waals surface area contributed by atoms with Crippen molar-refractivity contribution >= 4 is 11.8 Å². The predicted molar refractivity (Wildman–Crippen MR) is 57.0 cm³/mol. The Balaban J connectivity index is 2.46. The maximum absolute atomic E-state index is 13.0. The molecule has 84 valence electrons. The number of nitrogens with two attached hydrogens (primary N) is 1. The summed E-state index contributed by atoms with van der Waals surface area (Å²) < 4.78 is 26.1. The highest BCUT2D eigenvalue weighted by Gasteiger charge is 2.34. The van der Waals surface area contributed by atoms with E-state index in [4.69, 9.17) is 5.73 Å². The lowest BCUT2D eigenvalue weighted by molar-refractivity contribution is -0.0242. The van der Waals surface area contributed by atoms with Crippen LogP contribution in [0, 0.1) is 0 Å². The summed E-state index contributed by atoms with van der Waals surface area (Å²) in [5, 5.41) is 0. The summed E-state index contributed by atoms with van der Waals surface area (Å²) >= 11 is 1.84. The summed E-state index contributed by atoms with van der Waals surface area (Å²) in [6.45, 7) is 4.87. The van der Waals surface area contributed by atoms with Gasteiger partial charge in [-0.05, 0) is 13.8 Å². The third kappa shape index (κ3) is 3.71. The van der Waals surface area contributed by atoms with Crippen LogP contribution >= 0.6 is 11.8 Å². The number of rotatable bonds is 3. The molecular weight excluding hydrogens is 206 g/mol. The van der Waals surface area contributed by atoms with Crippen molar-refractivity contribution in [3.05, 3.63) is 0 Å². The number of thioether (sulfide) groups is 1. The van der Waals surface area contributed by atoms with Gasteiger partial charge in [0.15, 0.2) is 0 Å².